The first-order valence-corrected chi connectivity index (χ1v) is 8.34. The van der Waals surface area contributed by atoms with Crippen LogP contribution < -0.4 is 5.32 Å². The predicted octanol–water partition coefficient (Wildman–Crippen LogP) is 3.26. The molecule has 1 heterocycles. The molecule has 4 heteroatoms. The zero-order chi connectivity index (χ0) is 15.7. The van der Waals surface area contributed by atoms with Crippen LogP contribution in [0.4, 0.5) is 0 Å². The number of ether oxygens (including phenoxy) is 2. The number of benzene rings is 2. The van der Waals surface area contributed by atoms with Gasteiger partial charge in [0.2, 0.25) is 0 Å². The Morgan fingerprint density at radius 1 is 1.13 bits per heavy atom. The maximum Gasteiger partial charge on any atom is 0.252 e. The van der Waals surface area contributed by atoms with Gasteiger partial charge in [0.25, 0.3) is 5.91 Å². The molecule has 1 atom stereocenters. The first-order valence-electron chi connectivity index (χ1n) is 8.34. The normalized spacial score (nSPS) is 22.7. The van der Waals surface area contributed by atoms with Crippen LogP contribution in [-0.4, -0.2) is 30.9 Å². The number of hydrogen-bond donors (Lipinski definition) is 1. The van der Waals surface area contributed by atoms with Gasteiger partial charge in [-0.25, -0.2) is 0 Å². The van der Waals surface area contributed by atoms with E-state index in [4.69, 9.17) is 9.47 Å². The summed E-state index contributed by atoms with van der Waals surface area (Å²) in [6.07, 6.45) is 4.22. The molecule has 4 nitrogen and oxygen atoms in total. The van der Waals surface area contributed by atoms with Crippen molar-refractivity contribution < 1.29 is 14.3 Å². The van der Waals surface area contributed by atoms with Gasteiger partial charge in [-0.1, -0.05) is 36.4 Å². The molecule has 4 rings (SSSR count). The molecule has 2 aromatic carbocycles. The van der Waals surface area contributed by atoms with E-state index in [1.807, 2.05) is 42.5 Å². The van der Waals surface area contributed by atoms with E-state index in [0.717, 1.165) is 36.5 Å². The van der Waals surface area contributed by atoms with Crippen LogP contribution in [0.2, 0.25) is 0 Å². The SMILES string of the molecule is O=C(NC[C@@H]1COC2(CCCC2)O1)c1cccc2ccccc12. The molecular weight excluding hydrogens is 290 g/mol. The number of nitrogens with one attached hydrogen (secondary N) is 1. The minimum absolute atomic E-state index is 0.0490. The zero-order valence-corrected chi connectivity index (χ0v) is 13.1. The van der Waals surface area contributed by atoms with E-state index >= 15 is 0 Å². The fraction of sp³-hybridized carbons (Fsp3) is 0.421. The van der Waals surface area contributed by atoms with Crippen molar-refractivity contribution in [3.05, 3.63) is 48.0 Å². The third-order valence-electron chi connectivity index (χ3n) is 4.80. The second-order valence-corrected chi connectivity index (χ2v) is 6.41. The number of carbonyl (C=O) groups is 1. The second kappa shape index (κ2) is 5.95. The summed E-state index contributed by atoms with van der Waals surface area (Å²) in [7, 11) is 0. The van der Waals surface area contributed by atoms with Crippen LogP contribution in [0.15, 0.2) is 42.5 Å². The molecule has 1 saturated heterocycles. The fourth-order valence-electron chi connectivity index (χ4n) is 3.62. The van der Waals surface area contributed by atoms with Gasteiger partial charge in [-0.15, -0.1) is 0 Å². The molecule has 0 aromatic heterocycles. The molecule has 0 unspecified atom stereocenters. The number of fused-ring (bicyclic) bond motifs is 1. The zero-order valence-electron chi connectivity index (χ0n) is 13.1. The highest BCUT2D eigenvalue weighted by molar-refractivity contribution is 6.06. The van der Waals surface area contributed by atoms with Crippen molar-refractivity contribution in [1.82, 2.24) is 5.32 Å². The van der Waals surface area contributed by atoms with Gasteiger partial charge in [0.05, 0.1) is 6.61 Å². The first kappa shape index (κ1) is 14.7. The van der Waals surface area contributed by atoms with E-state index in [0.29, 0.717) is 18.7 Å². The Labute approximate surface area is 135 Å². The van der Waals surface area contributed by atoms with Crippen molar-refractivity contribution in [3.8, 4) is 0 Å². The van der Waals surface area contributed by atoms with Crippen LogP contribution in [0.5, 0.6) is 0 Å². The topological polar surface area (TPSA) is 47.6 Å². The molecule has 1 N–H and O–H groups in total. The molecule has 1 aliphatic carbocycles. The Balaban J connectivity index is 1.42. The molecule has 2 fully saturated rings. The van der Waals surface area contributed by atoms with Crippen LogP contribution in [0.25, 0.3) is 10.8 Å². The van der Waals surface area contributed by atoms with Crippen molar-refractivity contribution in [2.75, 3.05) is 13.2 Å². The van der Waals surface area contributed by atoms with Crippen LogP contribution >= 0.6 is 0 Å². The van der Waals surface area contributed by atoms with Crippen LogP contribution in [0.1, 0.15) is 36.0 Å². The maximum atomic E-state index is 12.5. The third-order valence-corrected chi connectivity index (χ3v) is 4.80. The van der Waals surface area contributed by atoms with Crippen LogP contribution in [-0.2, 0) is 9.47 Å². The Morgan fingerprint density at radius 3 is 2.78 bits per heavy atom. The number of hydrogen-bond acceptors (Lipinski definition) is 3. The fourth-order valence-corrected chi connectivity index (χ4v) is 3.62. The molecule has 0 radical (unpaired) electrons. The van der Waals surface area contributed by atoms with Crippen molar-refractivity contribution in [2.45, 2.75) is 37.6 Å². The Kier molecular flexibility index (Phi) is 3.79. The molecule has 1 spiro atoms. The minimum Gasteiger partial charge on any atom is -0.349 e. The average molecular weight is 311 g/mol. The molecule has 120 valence electrons. The summed E-state index contributed by atoms with van der Waals surface area (Å²) in [5.74, 6) is -0.424. The molecule has 1 saturated carbocycles. The molecule has 2 aromatic rings. The summed E-state index contributed by atoms with van der Waals surface area (Å²) in [5.41, 5.74) is 0.706. The van der Waals surface area contributed by atoms with E-state index < -0.39 is 0 Å². The van der Waals surface area contributed by atoms with E-state index in [1.54, 1.807) is 0 Å². The van der Waals surface area contributed by atoms with Gasteiger partial charge in [-0.05, 0) is 29.7 Å². The lowest BCUT2D eigenvalue weighted by Crippen LogP contribution is -2.35. The number of carbonyl (C=O) groups excluding carboxylic acids is 1. The lowest BCUT2D eigenvalue weighted by atomic mass is 10.0. The summed E-state index contributed by atoms with van der Waals surface area (Å²) in [4.78, 5) is 12.5. The van der Waals surface area contributed by atoms with Gasteiger partial charge >= 0.3 is 0 Å². The molecule has 2 aliphatic rings. The largest absolute Gasteiger partial charge is 0.349 e. The van der Waals surface area contributed by atoms with Crippen LogP contribution in [0, 0.1) is 0 Å². The second-order valence-electron chi connectivity index (χ2n) is 6.41. The molecular formula is C19H21NO3. The van der Waals surface area contributed by atoms with Crippen molar-refractivity contribution in [1.29, 1.82) is 0 Å². The Morgan fingerprint density at radius 2 is 1.91 bits per heavy atom. The summed E-state index contributed by atoms with van der Waals surface area (Å²) >= 11 is 0. The maximum absolute atomic E-state index is 12.5. The quantitative estimate of drug-likeness (QED) is 0.946. The summed E-state index contributed by atoms with van der Waals surface area (Å²) < 4.78 is 11.9. The van der Waals surface area contributed by atoms with Gasteiger partial charge in [0, 0.05) is 24.9 Å². The van der Waals surface area contributed by atoms with Gasteiger partial charge in [0.1, 0.15) is 6.10 Å². The van der Waals surface area contributed by atoms with E-state index in [9.17, 15) is 4.79 Å². The molecule has 1 aliphatic heterocycles. The van der Waals surface area contributed by atoms with E-state index in [2.05, 4.69) is 5.32 Å². The smallest absolute Gasteiger partial charge is 0.252 e. The van der Waals surface area contributed by atoms with Gasteiger partial charge in [0.15, 0.2) is 5.79 Å². The monoisotopic (exact) mass is 311 g/mol. The van der Waals surface area contributed by atoms with Crippen molar-refractivity contribution in [2.24, 2.45) is 0 Å². The lowest BCUT2D eigenvalue weighted by molar-refractivity contribution is -0.161. The highest BCUT2D eigenvalue weighted by atomic mass is 16.7. The van der Waals surface area contributed by atoms with Gasteiger partial charge < -0.3 is 14.8 Å². The first-order chi connectivity index (χ1) is 11.3. The number of amides is 1. The summed E-state index contributed by atoms with van der Waals surface area (Å²) in [6.45, 7) is 1.06. The molecule has 1 amide bonds. The lowest BCUT2D eigenvalue weighted by Gasteiger charge is -2.22. The Bertz CT molecular complexity index is 716. The predicted molar refractivity (Wildman–Crippen MR) is 88.3 cm³/mol. The third kappa shape index (κ3) is 2.84. The minimum atomic E-state index is -0.366. The number of rotatable bonds is 3. The standard InChI is InChI=1S/C19H21NO3/c21-18(17-9-5-7-14-6-1-2-8-16(14)17)20-12-15-13-22-19(23-15)10-3-4-11-19/h1-2,5-9,15H,3-4,10-13H2,(H,20,21)/t15-/m1/s1. The molecule has 0 bridgehead atoms. The van der Waals surface area contributed by atoms with E-state index in [1.165, 1.54) is 0 Å². The summed E-state index contributed by atoms with van der Waals surface area (Å²) in [6, 6.07) is 13.7. The average Bonchev–Trinajstić information content (AvgIpc) is 3.22. The molecule has 23 heavy (non-hydrogen) atoms. The highest BCUT2D eigenvalue weighted by Crippen LogP contribution is 2.39. The Hall–Kier alpha value is -1.91. The summed E-state index contributed by atoms with van der Waals surface area (Å²) in [5, 5.41) is 5.05. The van der Waals surface area contributed by atoms with E-state index in [-0.39, 0.29) is 17.8 Å². The van der Waals surface area contributed by atoms with Crippen molar-refractivity contribution >= 4 is 16.7 Å². The highest BCUT2D eigenvalue weighted by Gasteiger charge is 2.43. The van der Waals surface area contributed by atoms with Gasteiger partial charge in [-0.2, -0.15) is 0 Å². The van der Waals surface area contributed by atoms with Crippen LogP contribution in [0.3, 0.4) is 0 Å². The van der Waals surface area contributed by atoms with Crippen molar-refractivity contribution in [3.63, 3.8) is 0 Å². The van der Waals surface area contributed by atoms with Gasteiger partial charge in [-0.3, -0.25) is 4.79 Å².